The largest absolute Gasteiger partial charge is 0.352 e. The Hall–Kier alpha value is -1.40. The van der Waals surface area contributed by atoms with E-state index in [2.05, 4.69) is 5.32 Å². The summed E-state index contributed by atoms with van der Waals surface area (Å²) in [5, 5.41) is 2.80. The van der Waals surface area contributed by atoms with E-state index in [4.69, 9.17) is 0 Å². The monoisotopic (exact) mass is 282 g/mol. The third-order valence-corrected chi connectivity index (χ3v) is 4.93. The third-order valence-electron chi connectivity index (χ3n) is 3.00. The highest BCUT2D eigenvalue weighted by molar-refractivity contribution is 7.89. The molecule has 1 aliphatic carbocycles. The highest BCUT2D eigenvalue weighted by Crippen LogP contribution is 2.19. The molecule has 0 bridgehead atoms. The zero-order chi connectivity index (χ0) is 13.9. The summed E-state index contributed by atoms with van der Waals surface area (Å²) in [7, 11) is -3.59. The van der Waals surface area contributed by atoms with Crippen molar-refractivity contribution in [3.05, 3.63) is 30.3 Å². The van der Waals surface area contributed by atoms with Gasteiger partial charge in [-0.25, -0.2) is 8.42 Å². The molecule has 0 saturated heterocycles. The lowest BCUT2D eigenvalue weighted by atomic mass is 10.4. The Bertz CT molecular complexity index is 538. The summed E-state index contributed by atoms with van der Waals surface area (Å²) in [6, 6.07) is 8.42. The summed E-state index contributed by atoms with van der Waals surface area (Å²) in [4.78, 5) is 11.9. The molecule has 1 amide bonds. The van der Waals surface area contributed by atoms with Crippen LogP contribution in [0.1, 0.15) is 19.8 Å². The summed E-state index contributed by atoms with van der Waals surface area (Å²) in [5.41, 5.74) is 0. The number of benzene rings is 1. The van der Waals surface area contributed by atoms with Crippen molar-refractivity contribution in [3.8, 4) is 0 Å². The van der Waals surface area contributed by atoms with Gasteiger partial charge in [-0.05, 0) is 25.0 Å². The van der Waals surface area contributed by atoms with Crippen LogP contribution in [0.3, 0.4) is 0 Å². The number of hydrogen-bond acceptors (Lipinski definition) is 3. The Kier molecular flexibility index (Phi) is 4.21. The summed E-state index contributed by atoms with van der Waals surface area (Å²) >= 11 is 0. The van der Waals surface area contributed by atoms with Gasteiger partial charge in [-0.1, -0.05) is 25.1 Å². The van der Waals surface area contributed by atoms with E-state index in [-0.39, 0.29) is 29.9 Å². The van der Waals surface area contributed by atoms with Gasteiger partial charge in [0.1, 0.15) is 0 Å². The summed E-state index contributed by atoms with van der Waals surface area (Å²) in [5.74, 6) is -0.233. The normalized spacial score (nSPS) is 15.5. The standard InChI is InChI=1S/C13H18N2O3S/c1-2-15(10-13(16)14-11-8-9-11)19(17,18)12-6-4-3-5-7-12/h3-7,11H,2,8-10H2,1H3,(H,14,16). The molecule has 0 aliphatic heterocycles. The predicted octanol–water partition coefficient (Wildman–Crippen LogP) is 0.976. The molecule has 1 saturated carbocycles. The van der Waals surface area contributed by atoms with Gasteiger partial charge >= 0.3 is 0 Å². The van der Waals surface area contributed by atoms with Crippen molar-refractivity contribution in [2.45, 2.75) is 30.7 Å². The van der Waals surface area contributed by atoms with Crippen molar-refractivity contribution in [1.29, 1.82) is 0 Å². The van der Waals surface area contributed by atoms with Gasteiger partial charge in [0.25, 0.3) is 0 Å². The molecule has 1 fully saturated rings. The van der Waals surface area contributed by atoms with Gasteiger partial charge in [-0.2, -0.15) is 4.31 Å². The minimum absolute atomic E-state index is 0.121. The second-order valence-electron chi connectivity index (χ2n) is 4.59. The lowest BCUT2D eigenvalue weighted by Gasteiger charge is -2.19. The van der Waals surface area contributed by atoms with Crippen molar-refractivity contribution >= 4 is 15.9 Å². The van der Waals surface area contributed by atoms with Gasteiger partial charge in [0.2, 0.25) is 15.9 Å². The van der Waals surface area contributed by atoms with Crippen molar-refractivity contribution in [2.24, 2.45) is 0 Å². The molecule has 0 aromatic heterocycles. The molecule has 1 aliphatic rings. The van der Waals surface area contributed by atoms with E-state index in [1.54, 1.807) is 25.1 Å². The molecule has 0 heterocycles. The Morgan fingerprint density at radius 3 is 2.47 bits per heavy atom. The highest BCUT2D eigenvalue weighted by Gasteiger charge is 2.28. The first-order chi connectivity index (χ1) is 9.04. The van der Waals surface area contributed by atoms with E-state index in [0.29, 0.717) is 0 Å². The molecular formula is C13H18N2O3S. The highest BCUT2D eigenvalue weighted by atomic mass is 32.2. The molecule has 0 radical (unpaired) electrons. The second-order valence-corrected chi connectivity index (χ2v) is 6.52. The molecule has 1 N–H and O–H groups in total. The van der Waals surface area contributed by atoms with Crippen molar-refractivity contribution in [1.82, 2.24) is 9.62 Å². The van der Waals surface area contributed by atoms with E-state index in [0.717, 1.165) is 12.8 Å². The Balaban J connectivity index is 2.09. The first kappa shape index (κ1) is 14.0. The van der Waals surface area contributed by atoms with Crippen molar-refractivity contribution in [2.75, 3.05) is 13.1 Å². The van der Waals surface area contributed by atoms with Crippen LogP contribution in [-0.2, 0) is 14.8 Å². The fourth-order valence-electron chi connectivity index (χ4n) is 1.77. The lowest BCUT2D eigenvalue weighted by molar-refractivity contribution is -0.121. The number of carbonyl (C=O) groups excluding carboxylic acids is 1. The molecule has 2 rings (SSSR count). The van der Waals surface area contributed by atoms with Gasteiger partial charge < -0.3 is 5.32 Å². The Labute approximate surface area is 113 Å². The smallest absolute Gasteiger partial charge is 0.243 e. The summed E-state index contributed by atoms with van der Waals surface area (Å²) in [6.45, 7) is 1.88. The number of nitrogens with zero attached hydrogens (tertiary/aromatic N) is 1. The second kappa shape index (κ2) is 5.71. The molecule has 0 spiro atoms. The topological polar surface area (TPSA) is 66.5 Å². The fraction of sp³-hybridized carbons (Fsp3) is 0.462. The van der Waals surface area contributed by atoms with Gasteiger partial charge in [-0.3, -0.25) is 4.79 Å². The van der Waals surface area contributed by atoms with Gasteiger partial charge in [0.15, 0.2) is 0 Å². The van der Waals surface area contributed by atoms with Crippen molar-refractivity contribution in [3.63, 3.8) is 0 Å². The average Bonchev–Trinajstić information content (AvgIpc) is 3.20. The molecule has 6 heteroatoms. The third kappa shape index (κ3) is 3.54. The quantitative estimate of drug-likeness (QED) is 0.845. The van der Waals surface area contributed by atoms with Crippen LogP contribution in [0.15, 0.2) is 35.2 Å². The van der Waals surface area contributed by atoms with Crippen LogP contribution in [0.25, 0.3) is 0 Å². The number of nitrogens with one attached hydrogen (secondary N) is 1. The van der Waals surface area contributed by atoms with E-state index in [1.807, 2.05) is 0 Å². The van der Waals surface area contributed by atoms with Gasteiger partial charge in [0, 0.05) is 12.6 Å². The first-order valence-electron chi connectivity index (χ1n) is 6.38. The van der Waals surface area contributed by atoms with Crippen LogP contribution in [0.5, 0.6) is 0 Å². The van der Waals surface area contributed by atoms with Crippen LogP contribution >= 0.6 is 0 Å². The fourth-order valence-corrected chi connectivity index (χ4v) is 3.20. The number of sulfonamides is 1. The van der Waals surface area contributed by atoms with E-state index in [1.165, 1.54) is 16.4 Å². The molecule has 0 unspecified atom stereocenters. The lowest BCUT2D eigenvalue weighted by Crippen LogP contribution is -2.41. The van der Waals surface area contributed by atoms with Gasteiger partial charge in [-0.15, -0.1) is 0 Å². The van der Waals surface area contributed by atoms with Crippen molar-refractivity contribution < 1.29 is 13.2 Å². The van der Waals surface area contributed by atoms with E-state index < -0.39 is 10.0 Å². The van der Waals surface area contributed by atoms with Crippen LogP contribution in [0.4, 0.5) is 0 Å². The molecule has 5 nitrogen and oxygen atoms in total. The van der Waals surface area contributed by atoms with Crippen LogP contribution in [0.2, 0.25) is 0 Å². The molecule has 1 aromatic carbocycles. The maximum Gasteiger partial charge on any atom is 0.243 e. The number of carbonyl (C=O) groups is 1. The van der Waals surface area contributed by atoms with Crippen LogP contribution in [-0.4, -0.2) is 37.8 Å². The maximum atomic E-state index is 12.3. The Morgan fingerprint density at radius 1 is 1.32 bits per heavy atom. The summed E-state index contributed by atoms with van der Waals surface area (Å²) < 4.78 is 25.9. The molecule has 1 aromatic rings. The minimum atomic E-state index is -3.59. The summed E-state index contributed by atoms with van der Waals surface area (Å²) in [6.07, 6.45) is 1.98. The van der Waals surface area contributed by atoms with Crippen LogP contribution < -0.4 is 5.32 Å². The van der Waals surface area contributed by atoms with Gasteiger partial charge in [0.05, 0.1) is 11.4 Å². The average molecular weight is 282 g/mol. The minimum Gasteiger partial charge on any atom is -0.352 e. The zero-order valence-electron chi connectivity index (χ0n) is 10.9. The van der Waals surface area contributed by atoms with Crippen LogP contribution in [0, 0.1) is 0 Å². The molecule has 0 atom stereocenters. The number of hydrogen-bond donors (Lipinski definition) is 1. The number of likely N-dealkylation sites (N-methyl/N-ethyl adjacent to an activating group) is 1. The Morgan fingerprint density at radius 2 is 1.95 bits per heavy atom. The molecule has 104 valence electrons. The predicted molar refractivity (Wildman–Crippen MR) is 72.0 cm³/mol. The number of rotatable bonds is 6. The maximum absolute atomic E-state index is 12.3. The molecule has 19 heavy (non-hydrogen) atoms. The van der Waals surface area contributed by atoms with E-state index >= 15 is 0 Å². The zero-order valence-corrected chi connectivity index (χ0v) is 11.7. The number of amides is 1. The first-order valence-corrected chi connectivity index (χ1v) is 7.82. The van der Waals surface area contributed by atoms with E-state index in [9.17, 15) is 13.2 Å². The molecular weight excluding hydrogens is 264 g/mol. The SMILES string of the molecule is CCN(CC(=O)NC1CC1)S(=O)(=O)c1ccccc1.